The molecule has 0 aliphatic heterocycles. The van der Waals surface area contributed by atoms with Crippen LogP contribution in [0.5, 0.6) is 0 Å². The molecule has 5 rings (SSSR count). The van der Waals surface area contributed by atoms with Gasteiger partial charge in [0.25, 0.3) is 0 Å². The highest BCUT2D eigenvalue weighted by Crippen LogP contribution is 2.45. The van der Waals surface area contributed by atoms with Gasteiger partial charge in [-0.2, -0.15) is 0 Å². The second-order valence-electron chi connectivity index (χ2n) is 7.06. The van der Waals surface area contributed by atoms with E-state index in [0.717, 1.165) is 0 Å². The van der Waals surface area contributed by atoms with Crippen LogP contribution in [0.3, 0.4) is 0 Å². The predicted octanol–water partition coefficient (Wildman–Crippen LogP) is 3.47. The van der Waals surface area contributed by atoms with Crippen LogP contribution in [0.2, 0.25) is 0 Å². The van der Waals surface area contributed by atoms with Gasteiger partial charge in [0.1, 0.15) is 0 Å². The summed E-state index contributed by atoms with van der Waals surface area (Å²) in [6.07, 6.45) is 0.329. The molecule has 126 valence electrons. The van der Waals surface area contributed by atoms with Gasteiger partial charge < -0.3 is 0 Å². The first-order valence-corrected chi connectivity index (χ1v) is 8.66. The normalized spacial score (nSPS) is 24.0. The fraction of sp³-hybridized carbons (Fsp3) is 0.182. The Morgan fingerprint density at radius 2 is 0.885 bits per heavy atom. The fourth-order valence-corrected chi connectivity index (χ4v) is 4.50. The summed E-state index contributed by atoms with van der Waals surface area (Å²) < 4.78 is 0. The molecule has 2 atom stereocenters. The molecule has 3 aliphatic rings. The van der Waals surface area contributed by atoms with Gasteiger partial charge in [0.05, 0.1) is 0 Å². The molecule has 0 amide bonds. The van der Waals surface area contributed by atoms with Gasteiger partial charge in [-0.3, -0.25) is 19.2 Å². The minimum absolute atomic E-state index is 0.101. The summed E-state index contributed by atoms with van der Waals surface area (Å²) in [5.41, 5.74) is 2.47. The summed E-state index contributed by atoms with van der Waals surface area (Å²) in [5.74, 6) is -1.69. The van der Waals surface area contributed by atoms with E-state index < -0.39 is 11.8 Å². The molecule has 0 bridgehead atoms. The Labute approximate surface area is 149 Å². The van der Waals surface area contributed by atoms with E-state index in [1.807, 2.05) is 0 Å². The second kappa shape index (κ2) is 5.18. The Morgan fingerprint density at radius 1 is 0.538 bits per heavy atom. The Hall–Kier alpha value is -3.14. The van der Waals surface area contributed by atoms with Crippen molar-refractivity contribution >= 4 is 23.1 Å². The van der Waals surface area contributed by atoms with E-state index in [4.69, 9.17) is 0 Å². The molecule has 0 N–H and O–H groups in total. The SMILES string of the molecule is O=C1C2=C(CC3C(=O)c4ccccc4C(=O)C3C2)C(=O)c2ccccc21. The fourth-order valence-electron chi connectivity index (χ4n) is 4.50. The molecule has 0 radical (unpaired) electrons. The van der Waals surface area contributed by atoms with Crippen LogP contribution in [0, 0.1) is 11.8 Å². The molecule has 0 saturated heterocycles. The smallest absolute Gasteiger partial charge is 0.190 e. The molecule has 0 spiro atoms. The first-order chi connectivity index (χ1) is 12.6. The highest BCUT2D eigenvalue weighted by atomic mass is 16.1. The largest absolute Gasteiger partial charge is 0.294 e. The number of allylic oxidation sites excluding steroid dienone is 2. The first kappa shape index (κ1) is 15.1. The summed E-state index contributed by atoms with van der Waals surface area (Å²) in [6, 6.07) is 13.6. The number of benzene rings is 2. The van der Waals surface area contributed by atoms with E-state index in [-0.39, 0.29) is 36.0 Å². The van der Waals surface area contributed by atoms with Crippen molar-refractivity contribution in [2.45, 2.75) is 12.8 Å². The number of hydrogen-bond donors (Lipinski definition) is 0. The molecule has 2 aromatic rings. The van der Waals surface area contributed by atoms with Crippen molar-refractivity contribution in [1.29, 1.82) is 0 Å². The van der Waals surface area contributed by atoms with Crippen LogP contribution in [-0.2, 0) is 0 Å². The number of ketones is 4. The van der Waals surface area contributed by atoms with E-state index in [0.29, 0.717) is 33.4 Å². The van der Waals surface area contributed by atoms with Gasteiger partial charge in [-0.05, 0) is 12.8 Å². The summed E-state index contributed by atoms with van der Waals surface area (Å²) in [6.45, 7) is 0. The summed E-state index contributed by atoms with van der Waals surface area (Å²) >= 11 is 0. The summed E-state index contributed by atoms with van der Waals surface area (Å²) in [5, 5.41) is 0. The van der Waals surface area contributed by atoms with Crippen molar-refractivity contribution in [3.8, 4) is 0 Å². The lowest BCUT2D eigenvalue weighted by Crippen LogP contribution is -2.42. The number of fused-ring (bicyclic) bond motifs is 3. The number of hydrogen-bond acceptors (Lipinski definition) is 4. The van der Waals surface area contributed by atoms with Crippen LogP contribution in [0.25, 0.3) is 0 Å². The topological polar surface area (TPSA) is 68.3 Å². The zero-order valence-electron chi connectivity index (χ0n) is 13.8. The minimum Gasteiger partial charge on any atom is -0.294 e. The quantitative estimate of drug-likeness (QED) is 0.735. The van der Waals surface area contributed by atoms with Crippen LogP contribution in [-0.4, -0.2) is 23.1 Å². The van der Waals surface area contributed by atoms with Crippen molar-refractivity contribution < 1.29 is 19.2 Å². The molecular weight excluding hydrogens is 328 g/mol. The van der Waals surface area contributed by atoms with E-state index in [2.05, 4.69) is 0 Å². The number of Topliss-reactive ketones (excluding diaryl/α,β-unsaturated/α-hetero) is 4. The third kappa shape index (κ3) is 1.84. The second-order valence-corrected chi connectivity index (χ2v) is 7.06. The van der Waals surface area contributed by atoms with Gasteiger partial charge in [-0.15, -0.1) is 0 Å². The van der Waals surface area contributed by atoms with Gasteiger partial charge in [-0.25, -0.2) is 0 Å². The zero-order valence-corrected chi connectivity index (χ0v) is 13.8. The van der Waals surface area contributed by atoms with Crippen molar-refractivity contribution in [3.05, 3.63) is 81.9 Å². The van der Waals surface area contributed by atoms with Crippen molar-refractivity contribution in [2.75, 3.05) is 0 Å². The highest BCUT2D eigenvalue weighted by molar-refractivity contribution is 6.28. The number of rotatable bonds is 0. The lowest BCUT2D eigenvalue weighted by molar-refractivity contribution is 0.0707. The first-order valence-electron chi connectivity index (χ1n) is 8.66. The van der Waals surface area contributed by atoms with Crippen LogP contribution in [0.1, 0.15) is 54.3 Å². The maximum atomic E-state index is 12.9. The molecule has 4 heteroatoms. The standard InChI is InChI=1S/C22H14O4/c23-19-11-5-1-2-6-12(11)20(24)16-10-18-17(9-15(16)19)21(25)13-7-3-4-8-14(13)22(18)26/h1-8,15-16H,9-10H2. The van der Waals surface area contributed by atoms with E-state index in [1.165, 1.54) is 0 Å². The third-order valence-electron chi connectivity index (χ3n) is 5.79. The van der Waals surface area contributed by atoms with Crippen molar-refractivity contribution in [3.63, 3.8) is 0 Å². The number of carbonyl (C=O) groups is 4. The zero-order chi connectivity index (χ0) is 18.0. The van der Waals surface area contributed by atoms with E-state index in [9.17, 15) is 19.2 Å². The van der Waals surface area contributed by atoms with Crippen LogP contribution in [0.15, 0.2) is 59.7 Å². The molecule has 2 aromatic carbocycles. The minimum atomic E-state index is -0.557. The van der Waals surface area contributed by atoms with Crippen LogP contribution >= 0.6 is 0 Å². The lowest BCUT2D eigenvalue weighted by atomic mass is 9.63. The maximum Gasteiger partial charge on any atom is 0.190 e. The molecular formula is C22H14O4. The Bertz CT molecular complexity index is 989. The summed E-state index contributed by atoms with van der Waals surface area (Å²) in [7, 11) is 0. The van der Waals surface area contributed by atoms with Gasteiger partial charge in [0.15, 0.2) is 23.1 Å². The molecule has 0 saturated carbocycles. The van der Waals surface area contributed by atoms with Crippen molar-refractivity contribution in [1.82, 2.24) is 0 Å². The molecule has 26 heavy (non-hydrogen) atoms. The van der Waals surface area contributed by atoms with Crippen LogP contribution in [0.4, 0.5) is 0 Å². The van der Waals surface area contributed by atoms with E-state index in [1.54, 1.807) is 48.5 Å². The lowest BCUT2D eigenvalue weighted by Gasteiger charge is -2.37. The van der Waals surface area contributed by atoms with Crippen molar-refractivity contribution in [2.24, 2.45) is 11.8 Å². The van der Waals surface area contributed by atoms with Gasteiger partial charge in [0.2, 0.25) is 0 Å². The number of carbonyl (C=O) groups excluding carboxylic acids is 4. The van der Waals surface area contributed by atoms with Gasteiger partial charge >= 0.3 is 0 Å². The van der Waals surface area contributed by atoms with E-state index >= 15 is 0 Å². The molecule has 3 aliphatic carbocycles. The Kier molecular flexibility index (Phi) is 3.02. The monoisotopic (exact) mass is 342 g/mol. The summed E-state index contributed by atoms with van der Waals surface area (Å²) in [4.78, 5) is 51.7. The third-order valence-corrected chi connectivity index (χ3v) is 5.79. The van der Waals surface area contributed by atoms with Gasteiger partial charge in [-0.1, -0.05) is 48.5 Å². The maximum absolute atomic E-state index is 12.9. The molecule has 4 nitrogen and oxygen atoms in total. The molecule has 0 fully saturated rings. The molecule has 0 aromatic heterocycles. The average Bonchev–Trinajstić information content (AvgIpc) is 2.69. The predicted molar refractivity (Wildman–Crippen MR) is 93.4 cm³/mol. The highest BCUT2D eigenvalue weighted by Gasteiger charge is 2.48. The van der Waals surface area contributed by atoms with Crippen LogP contribution < -0.4 is 0 Å². The Balaban J connectivity index is 1.64. The average molecular weight is 342 g/mol. The van der Waals surface area contributed by atoms with Gasteiger partial charge in [0, 0.05) is 45.2 Å². The molecule has 0 heterocycles. The molecule has 2 unspecified atom stereocenters. The Morgan fingerprint density at radius 3 is 1.27 bits per heavy atom.